The van der Waals surface area contributed by atoms with Crippen LogP contribution in [0.25, 0.3) is 10.8 Å². The number of aromatic nitrogens is 2. The number of nitrogens with zero attached hydrogens (tertiary/aromatic N) is 2. The fourth-order valence-corrected chi connectivity index (χ4v) is 2.75. The largest absolute Gasteiger partial charge is 0.397 e. The first-order valence-electron chi connectivity index (χ1n) is 5.55. The van der Waals surface area contributed by atoms with Crippen LogP contribution in [-0.4, -0.2) is 16.7 Å². The van der Waals surface area contributed by atoms with Gasteiger partial charge in [-0.1, -0.05) is 5.16 Å². The van der Waals surface area contributed by atoms with Crippen molar-refractivity contribution in [2.45, 2.75) is 25.9 Å². The van der Waals surface area contributed by atoms with Crippen LogP contribution in [0.5, 0.6) is 0 Å². The number of hydrogen-bond donors (Lipinski definition) is 1. The van der Waals surface area contributed by atoms with Gasteiger partial charge < -0.3 is 15.0 Å². The van der Waals surface area contributed by atoms with Crippen LogP contribution in [0.4, 0.5) is 5.69 Å². The van der Waals surface area contributed by atoms with Crippen molar-refractivity contribution in [3.8, 4) is 10.8 Å². The maximum Gasteiger partial charge on any atom is 0.270 e. The van der Waals surface area contributed by atoms with Gasteiger partial charge in [0.25, 0.3) is 5.89 Å². The van der Waals surface area contributed by atoms with E-state index in [9.17, 15) is 0 Å². The summed E-state index contributed by atoms with van der Waals surface area (Å²) in [7, 11) is 0. The van der Waals surface area contributed by atoms with Gasteiger partial charge in [-0.05, 0) is 30.7 Å². The predicted molar refractivity (Wildman–Crippen MR) is 64.7 cm³/mol. The second-order valence-corrected chi connectivity index (χ2v) is 5.00. The summed E-state index contributed by atoms with van der Waals surface area (Å²) in [6.07, 6.45) is 1.99. The molecule has 0 aromatic carbocycles. The third-order valence-electron chi connectivity index (χ3n) is 2.88. The van der Waals surface area contributed by atoms with E-state index < -0.39 is 0 Å². The van der Waals surface area contributed by atoms with Gasteiger partial charge in [-0.3, -0.25) is 0 Å². The number of hydrogen-bond acceptors (Lipinski definition) is 6. The summed E-state index contributed by atoms with van der Waals surface area (Å²) in [5, 5.41) is 5.95. The lowest BCUT2D eigenvalue weighted by molar-refractivity contribution is 0.103. The molecule has 1 unspecified atom stereocenters. The Labute approximate surface area is 103 Å². The Kier molecular flexibility index (Phi) is 2.60. The first-order valence-corrected chi connectivity index (χ1v) is 6.43. The average molecular weight is 251 g/mol. The first kappa shape index (κ1) is 10.7. The molecule has 1 atom stereocenters. The van der Waals surface area contributed by atoms with Gasteiger partial charge in [0.1, 0.15) is 11.0 Å². The molecule has 1 fully saturated rings. The van der Waals surface area contributed by atoms with Crippen LogP contribution < -0.4 is 5.73 Å². The highest BCUT2D eigenvalue weighted by Crippen LogP contribution is 2.35. The lowest BCUT2D eigenvalue weighted by atomic mass is 10.2. The fourth-order valence-electron chi connectivity index (χ4n) is 1.86. The van der Waals surface area contributed by atoms with Gasteiger partial charge in [0, 0.05) is 6.61 Å². The maximum absolute atomic E-state index is 5.95. The molecule has 1 aliphatic heterocycles. The lowest BCUT2D eigenvalue weighted by Gasteiger charge is -2.00. The number of nitrogen functional groups attached to an aromatic ring is 1. The second-order valence-electron chi connectivity index (χ2n) is 4.12. The molecule has 0 amide bonds. The molecule has 0 radical (unpaired) electrons. The zero-order valence-electron chi connectivity index (χ0n) is 9.47. The third-order valence-corrected chi connectivity index (χ3v) is 3.98. The molecule has 0 aliphatic carbocycles. The van der Waals surface area contributed by atoms with Gasteiger partial charge in [0.05, 0.1) is 5.69 Å². The van der Waals surface area contributed by atoms with Gasteiger partial charge in [-0.15, -0.1) is 11.3 Å². The van der Waals surface area contributed by atoms with Crippen molar-refractivity contribution in [3.63, 3.8) is 0 Å². The minimum Gasteiger partial charge on any atom is -0.397 e. The molecule has 6 heteroatoms. The average Bonchev–Trinajstić information content (AvgIpc) is 3.01. The molecule has 2 N–H and O–H groups in total. The van der Waals surface area contributed by atoms with Gasteiger partial charge in [0.2, 0.25) is 5.82 Å². The highest BCUT2D eigenvalue weighted by Gasteiger charge is 2.24. The van der Waals surface area contributed by atoms with E-state index in [0.717, 1.165) is 35.6 Å². The molecule has 3 heterocycles. The monoisotopic (exact) mass is 251 g/mol. The van der Waals surface area contributed by atoms with Crippen LogP contribution in [0.3, 0.4) is 0 Å². The SMILES string of the molecule is Cc1csc(-c2nc(C3CCCO3)no2)c1N. The van der Waals surface area contributed by atoms with Crippen molar-refractivity contribution in [1.82, 2.24) is 10.1 Å². The first-order chi connectivity index (χ1) is 8.25. The number of nitrogens with two attached hydrogens (primary N) is 1. The van der Waals surface area contributed by atoms with E-state index in [0.29, 0.717) is 11.7 Å². The van der Waals surface area contributed by atoms with Crippen molar-refractivity contribution < 1.29 is 9.26 Å². The van der Waals surface area contributed by atoms with Crippen LogP contribution in [0, 0.1) is 6.92 Å². The number of thiophene rings is 1. The van der Waals surface area contributed by atoms with Crippen molar-refractivity contribution in [2.75, 3.05) is 12.3 Å². The molecular formula is C11H13N3O2S. The topological polar surface area (TPSA) is 74.2 Å². The minimum absolute atomic E-state index is 0.0187. The standard InChI is InChI=1S/C11H13N3O2S/c1-6-5-17-9(8(6)12)11-13-10(14-16-11)7-3-2-4-15-7/h5,7H,2-4,12H2,1H3. The zero-order chi connectivity index (χ0) is 11.8. The molecule has 17 heavy (non-hydrogen) atoms. The van der Waals surface area contributed by atoms with Crippen molar-refractivity contribution in [3.05, 3.63) is 16.8 Å². The van der Waals surface area contributed by atoms with Gasteiger partial charge in [-0.2, -0.15) is 4.98 Å². The van der Waals surface area contributed by atoms with Crippen LogP contribution >= 0.6 is 11.3 Å². The van der Waals surface area contributed by atoms with Crippen LogP contribution in [0.2, 0.25) is 0 Å². The van der Waals surface area contributed by atoms with Crippen molar-refractivity contribution in [1.29, 1.82) is 0 Å². The minimum atomic E-state index is -0.0187. The molecule has 1 saturated heterocycles. The Hall–Kier alpha value is -1.40. The summed E-state index contributed by atoms with van der Waals surface area (Å²) in [6, 6.07) is 0. The van der Waals surface area contributed by atoms with E-state index in [1.165, 1.54) is 11.3 Å². The number of rotatable bonds is 2. The third kappa shape index (κ3) is 1.83. The van der Waals surface area contributed by atoms with Crippen LogP contribution in [-0.2, 0) is 4.74 Å². The Balaban J connectivity index is 1.91. The Morgan fingerprint density at radius 3 is 3.06 bits per heavy atom. The molecule has 3 rings (SSSR count). The summed E-state index contributed by atoms with van der Waals surface area (Å²) in [5.74, 6) is 1.12. The molecule has 0 bridgehead atoms. The van der Waals surface area contributed by atoms with Crippen molar-refractivity contribution >= 4 is 17.0 Å². The predicted octanol–water partition coefficient (Wildman–Crippen LogP) is 2.54. The highest BCUT2D eigenvalue weighted by atomic mass is 32.1. The quantitative estimate of drug-likeness (QED) is 0.887. The van der Waals surface area contributed by atoms with Gasteiger partial charge >= 0.3 is 0 Å². The van der Waals surface area contributed by atoms with E-state index in [1.54, 1.807) is 0 Å². The van der Waals surface area contributed by atoms with E-state index in [4.69, 9.17) is 15.0 Å². The molecule has 2 aromatic heterocycles. The number of aryl methyl sites for hydroxylation is 1. The van der Waals surface area contributed by atoms with E-state index in [-0.39, 0.29) is 6.10 Å². The van der Waals surface area contributed by atoms with E-state index in [2.05, 4.69) is 10.1 Å². The summed E-state index contributed by atoms with van der Waals surface area (Å²) in [5.41, 5.74) is 7.71. The molecule has 5 nitrogen and oxygen atoms in total. The van der Waals surface area contributed by atoms with Gasteiger partial charge in [0.15, 0.2) is 0 Å². The Morgan fingerprint density at radius 2 is 2.41 bits per heavy atom. The molecule has 1 aliphatic rings. The number of anilines is 1. The normalized spacial score (nSPS) is 19.9. The van der Waals surface area contributed by atoms with Crippen molar-refractivity contribution in [2.24, 2.45) is 0 Å². The summed E-state index contributed by atoms with van der Waals surface area (Å²) in [6.45, 7) is 2.74. The number of ether oxygens (including phenoxy) is 1. The Morgan fingerprint density at radius 1 is 1.53 bits per heavy atom. The maximum atomic E-state index is 5.95. The van der Waals surface area contributed by atoms with E-state index in [1.807, 2.05) is 12.3 Å². The summed E-state index contributed by atoms with van der Waals surface area (Å²) >= 11 is 1.52. The van der Waals surface area contributed by atoms with Crippen LogP contribution in [0.15, 0.2) is 9.90 Å². The molecule has 0 spiro atoms. The molecule has 2 aromatic rings. The van der Waals surface area contributed by atoms with Gasteiger partial charge in [-0.25, -0.2) is 0 Å². The van der Waals surface area contributed by atoms with E-state index >= 15 is 0 Å². The lowest BCUT2D eigenvalue weighted by Crippen LogP contribution is -1.97. The highest BCUT2D eigenvalue weighted by molar-refractivity contribution is 7.14. The molecule has 90 valence electrons. The second kappa shape index (κ2) is 4.12. The fraction of sp³-hybridized carbons (Fsp3) is 0.455. The zero-order valence-corrected chi connectivity index (χ0v) is 10.3. The molecule has 0 saturated carbocycles. The van der Waals surface area contributed by atoms with Crippen LogP contribution in [0.1, 0.15) is 30.3 Å². The Bertz CT molecular complexity index is 529. The summed E-state index contributed by atoms with van der Waals surface area (Å²) < 4.78 is 10.8. The summed E-state index contributed by atoms with van der Waals surface area (Å²) in [4.78, 5) is 5.21. The smallest absolute Gasteiger partial charge is 0.270 e. The molecular weight excluding hydrogens is 238 g/mol.